The molecule has 1 unspecified atom stereocenters. The smallest absolute Gasteiger partial charge is 0.225 e. The fourth-order valence-electron chi connectivity index (χ4n) is 1.85. The molecule has 1 N–H and O–H groups in total. The zero-order valence-corrected chi connectivity index (χ0v) is 12.4. The predicted octanol–water partition coefficient (Wildman–Crippen LogP) is 2.90. The van der Waals surface area contributed by atoms with Crippen LogP contribution in [0.2, 0.25) is 0 Å². The van der Waals surface area contributed by atoms with E-state index in [1.165, 1.54) is 5.56 Å². The third-order valence-electron chi connectivity index (χ3n) is 3.64. The van der Waals surface area contributed by atoms with Crippen LogP contribution in [0.15, 0.2) is 18.2 Å². The van der Waals surface area contributed by atoms with Gasteiger partial charge in [0.25, 0.3) is 0 Å². The molecule has 1 amide bonds. The number of hydrogen-bond donors (Lipinski definition) is 1. The van der Waals surface area contributed by atoms with Crippen molar-refractivity contribution in [1.29, 1.82) is 5.26 Å². The summed E-state index contributed by atoms with van der Waals surface area (Å²) in [4.78, 5) is 12.1. The highest BCUT2D eigenvalue weighted by Crippen LogP contribution is 2.16. The van der Waals surface area contributed by atoms with Crippen LogP contribution in [0.25, 0.3) is 0 Å². The predicted molar refractivity (Wildman–Crippen MR) is 76.6 cm³/mol. The largest absolute Gasteiger partial charge is 0.338 e. The normalized spacial score (nSPS) is 13.7. The third kappa shape index (κ3) is 3.82. The molecule has 0 spiro atoms. The number of hydrogen-bond acceptors (Lipinski definition) is 2. The van der Waals surface area contributed by atoms with Crippen molar-refractivity contribution in [3.8, 4) is 6.07 Å². The molecular weight excluding hydrogens is 236 g/mol. The van der Waals surface area contributed by atoms with E-state index in [9.17, 15) is 10.1 Å². The van der Waals surface area contributed by atoms with Gasteiger partial charge in [-0.05, 0) is 37.8 Å². The molecule has 0 bridgehead atoms. The number of nitriles is 1. The molecule has 0 fully saturated rings. The quantitative estimate of drug-likeness (QED) is 0.902. The van der Waals surface area contributed by atoms with Crippen LogP contribution in [0, 0.1) is 31.1 Å². The summed E-state index contributed by atoms with van der Waals surface area (Å²) in [7, 11) is 0. The minimum absolute atomic E-state index is 0.0700. The van der Waals surface area contributed by atoms with Gasteiger partial charge in [0.05, 0.1) is 12.5 Å². The minimum Gasteiger partial charge on any atom is -0.338 e. The first-order chi connectivity index (χ1) is 8.78. The molecule has 19 heavy (non-hydrogen) atoms. The van der Waals surface area contributed by atoms with E-state index in [2.05, 4.69) is 17.5 Å². The summed E-state index contributed by atoms with van der Waals surface area (Å²) in [6.45, 7) is 9.66. The Bertz CT molecular complexity index is 514. The van der Waals surface area contributed by atoms with Gasteiger partial charge in [0.2, 0.25) is 5.91 Å². The first kappa shape index (κ1) is 15.2. The van der Waals surface area contributed by atoms with Gasteiger partial charge in [-0.15, -0.1) is 0 Å². The number of aryl methyl sites for hydroxylation is 2. The summed E-state index contributed by atoms with van der Waals surface area (Å²) in [6, 6.07) is 8.23. The van der Waals surface area contributed by atoms with Crippen molar-refractivity contribution in [2.45, 2.75) is 46.6 Å². The van der Waals surface area contributed by atoms with E-state index in [4.69, 9.17) is 0 Å². The molecule has 1 atom stereocenters. The van der Waals surface area contributed by atoms with E-state index in [-0.39, 0.29) is 11.8 Å². The number of rotatable bonds is 4. The molecule has 0 aliphatic heterocycles. The van der Waals surface area contributed by atoms with Gasteiger partial charge in [-0.2, -0.15) is 5.26 Å². The zero-order valence-electron chi connectivity index (χ0n) is 12.4. The molecular formula is C16H22N2O. The second kappa shape index (κ2) is 5.88. The second-order valence-electron chi connectivity index (χ2n) is 5.62. The van der Waals surface area contributed by atoms with Crippen molar-refractivity contribution in [3.05, 3.63) is 34.9 Å². The summed E-state index contributed by atoms with van der Waals surface area (Å²) in [5, 5.41) is 12.0. The lowest BCUT2D eigenvalue weighted by Gasteiger charge is -2.27. The topological polar surface area (TPSA) is 52.9 Å². The maximum Gasteiger partial charge on any atom is 0.225 e. The summed E-state index contributed by atoms with van der Waals surface area (Å²) in [5.74, 6) is -0.0368. The fourth-order valence-corrected chi connectivity index (χ4v) is 1.85. The van der Waals surface area contributed by atoms with Crippen LogP contribution in [0.4, 0.5) is 0 Å². The van der Waals surface area contributed by atoms with Crippen LogP contribution < -0.4 is 5.32 Å². The Balaban J connectivity index is 2.79. The Hall–Kier alpha value is -1.82. The molecule has 1 aromatic carbocycles. The molecule has 0 heterocycles. The van der Waals surface area contributed by atoms with Crippen LogP contribution in [0.1, 0.15) is 37.5 Å². The minimum atomic E-state index is -0.810. The van der Waals surface area contributed by atoms with Gasteiger partial charge in [0.1, 0.15) is 5.54 Å². The first-order valence-corrected chi connectivity index (χ1v) is 6.57. The highest BCUT2D eigenvalue weighted by atomic mass is 16.1. The Morgan fingerprint density at radius 1 is 1.42 bits per heavy atom. The lowest BCUT2D eigenvalue weighted by Crippen LogP contribution is -2.49. The third-order valence-corrected chi connectivity index (χ3v) is 3.64. The maximum absolute atomic E-state index is 12.1. The highest BCUT2D eigenvalue weighted by molar-refractivity contribution is 5.80. The van der Waals surface area contributed by atoms with Gasteiger partial charge in [-0.3, -0.25) is 4.79 Å². The molecule has 1 aromatic rings. The average molecular weight is 258 g/mol. The second-order valence-corrected chi connectivity index (χ2v) is 5.62. The van der Waals surface area contributed by atoms with Gasteiger partial charge in [-0.25, -0.2) is 0 Å². The van der Waals surface area contributed by atoms with Crippen molar-refractivity contribution < 1.29 is 4.79 Å². The molecule has 0 saturated carbocycles. The van der Waals surface area contributed by atoms with Gasteiger partial charge >= 0.3 is 0 Å². The molecule has 3 heteroatoms. The van der Waals surface area contributed by atoms with Crippen LogP contribution in [0.5, 0.6) is 0 Å². The summed E-state index contributed by atoms with van der Waals surface area (Å²) >= 11 is 0. The number of benzene rings is 1. The molecule has 0 saturated heterocycles. The summed E-state index contributed by atoms with van der Waals surface area (Å²) < 4.78 is 0. The van der Waals surface area contributed by atoms with E-state index in [0.29, 0.717) is 6.42 Å². The molecule has 0 aliphatic carbocycles. The lowest BCUT2D eigenvalue weighted by atomic mass is 9.89. The van der Waals surface area contributed by atoms with Crippen molar-refractivity contribution in [2.24, 2.45) is 5.92 Å². The fraction of sp³-hybridized carbons (Fsp3) is 0.500. The van der Waals surface area contributed by atoms with E-state index in [1.807, 2.05) is 39.8 Å². The number of amides is 1. The number of nitrogens with one attached hydrogen (secondary N) is 1. The Kier molecular flexibility index (Phi) is 4.72. The van der Waals surface area contributed by atoms with Crippen LogP contribution in [-0.4, -0.2) is 11.4 Å². The highest BCUT2D eigenvalue weighted by Gasteiger charge is 2.29. The van der Waals surface area contributed by atoms with Crippen LogP contribution in [-0.2, 0) is 11.2 Å². The van der Waals surface area contributed by atoms with E-state index >= 15 is 0 Å². The standard InChI is InChI=1S/C16H22N2O/c1-11(2)16(5,10-17)18-15(19)9-14-7-6-12(3)8-13(14)4/h6-8,11H,9H2,1-5H3,(H,18,19). The molecule has 1 rings (SSSR count). The molecule has 0 aliphatic rings. The number of carbonyl (C=O) groups excluding carboxylic acids is 1. The van der Waals surface area contributed by atoms with Gasteiger partial charge in [0, 0.05) is 0 Å². The van der Waals surface area contributed by atoms with E-state index in [1.54, 1.807) is 6.92 Å². The Morgan fingerprint density at radius 3 is 2.53 bits per heavy atom. The van der Waals surface area contributed by atoms with Crippen molar-refractivity contribution in [3.63, 3.8) is 0 Å². The monoisotopic (exact) mass is 258 g/mol. The molecule has 0 radical (unpaired) electrons. The Labute approximate surface area is 115 Å². The van der Waals surface area contributed by atoms with Crippen molar-refractivity contribution >= 4 is 5.91 Å². The lowest BCUT2D eigenvalue weighted by molar-refractivity contribution is -0.122. The number of nitrogens with zero attached hydrogens (tertiary/aromatic N) is 1. The maximum atomic E-state index is 12.1. The summed E-state index contributed by atoms with van der Waals surface area (Å²) in [5.41, 5.74) is 2.49. The van der Waals surface area contributed by atoms with Crippen LogP contribution >= 0.6 is 0 Å². The van der Waals surface area contributed by atoms with Gasteiger partial charge in [-0.1, -0.05) is 37.6 Å². The van der Waals surface area contributed by atoms with Crippen molar-refractivity contribution in [2.75, 3.05) is 0 Å². The SMILES string of the molecule is Cc1ccc(CC(=O)NC(C)(C#N)C(C)C)c(C)c1. The van der Waals surface area contributed by atoms with Crippen LogP contribution in [0.3, 0.4) is 0 Å². The van der Waals surface area contributed by atoms with Crippen molar-refractivity contribution in [1.82, 2.24) is 5.32 Å². The number of carbonyl (C=O) groups is 1. The Morgan fingerprint density at radius 2 is 2.05 bits per heavy atom. The average Bonchev–Trinajstić information content (AvgIpc) is 2.32. The van der Waals surface area contributed by atoms with E-state index < -0.39 is 5.54 Å². The molecule has 0 aromatic heterocycles. The first-order valence-electron chi connectivity index (χ1n) is 6.57. The zero-order chi connectivity index (χ0) is 14.6. The van der Waals surface area contributed by atoms with E-state index in [0.717, 1.165) is 11.1 Å². The molecule has 3 nitrogen and oxygen atoms in total. The van der Waals surface area contributed by atoms with Gasteiger partial charge < -0.3 is 5.32 Å². The molecule has 102 valence electrons. The van der Waals surface area contributed by atoms with Gasteiger partial charge in [0.15, 0.2) is 0 Å². The summed E-state index contributed by atoms with van der Waals surface area (Å²) in [6.07, 6.45) is 0.316.